The molecule has 11 nitrogen and oxygen atoms in total. The van der Waals surface area contributed by atoms with Gasteiger partial charge in [-0.3, -0.25) is 14.5 Å². The van der Waals surface area contributed by atoms with Crippen LogP contribution in [0.5, 0.6) is 0 Å². The summed E-state index contributed by atoms with van der Waals surface area (Å²) in [6.07, 6.45) is 1.82. The van der Waals surface area contributed by atoms with Crippen LogP contribution in [0.1, 0.15) is 55.4 Å². The van der Waals surface area contributed by atoms with Crippen LogP contribution in [0.25, 0.3) is 0 Å². The zero-order chi connectivity index (χ0) is 31.1. The SMILES string of the molecule is CC(=O)O[C@@H](C)C(=O)NCc1ccc([C@@H]2O[C@H](CN3CCN(c4ncccn4)CC3)[C@H](C)[C@H](c3ccc(CO)cc3)O2)cc1. The standard InChI is InChI=1S/C33H41N5O6/c1-22-29(20-37-15-17-38(18-16-37)33-34-13-4-14-35-33)43-32(44-30(22)27-9-7-26(21-39)8-10-27)28-11-5-25(6-12-28)19-36-31(41)23(2)42-24(3)40/h4-14,22-23,29-30,32,39H,15-21H2,1-3H3,(H,36,41)/t22-,23-,29+,30+,32+/m0/s1. The van der Waals surface area contributed by atoms with Crippen molar-refractivity contribution in [1.29, 1.82) is 0 Å². The number of anilines is 1. The first-order valence-electron chi connectivity index (χ1n) is 15.1. The molecule has 11 heteroatoms. The molecule has 0 spiro atoms. The molecule has 0 unspecified atom stereocenters. The van der Waals surface area contributed by atoms with Crippen LogP contribution in [-0.4, -0.2) is 76.8 Å². The minimum Gasteiger partial charge on any atom is -0.453 e. The lowest BCUT2D eigenvalue weighted by Gasteiger charge is -2.44. The molecular weight excluding hydrogens is 562 g/mol. The van der Waals surface area contributed by atoms with Crippen LogP contribution in [0.3, 0.4) is 0 Å². The molecule has 1 aromatic heterocycles. The van der Waals surface area contributed by atoms with Crippen molar-refractivity contribution >= 4 is 17.8 Å². The summed E-state index contributed by atoms with van der Waals surface area (Å²) >= 11 is 0. The zero-order valence-corrected chi connectivity index (χ0v) is 25.5. The molecule has 2 aromatic carbocycles. The largest absolute Gasteiger partial charge is 0.453 e. The van der Waals surface area contributed by atoms with Gasteiger partial charge in [-0.15, -0.1) is 0 Å². The van der Waals surface area contributed by atoms with E-state index in [9.17, 15) is 14.7 Å². The van der Waals surface area contributed by atoms with E-state index in [4.69, 9.17) is 14.2 Å². The van der Waals surface area contributed by atoms with Crippen LogP contribution in [0.2, 0.25) is 0 Å². The average molecular weight is 604 g/mol. The summed E-state index contributed by atoms with van der Waals surface area (Å²) in [5, 5.41) is 12.3. The van der Waals surface area contributed by atoms with Gasteiger partial charge in [0.25, 0.3) is 5.91 Å². The lowest BCUT2D eigenvalue weighted by Crippen LogP contribution is -2.51. The van der Waals surface area contributed by atoms with Crippen LogP contribution >= 0.6 is 0 Å². The van der Waals surface area contributed by atoms with Gasteiger partial charge in [-0.2, -0.15) is 0 Å². The minimum absolute atomic E-state index is 0.00874. The fourth-order valence-corrected chi connectivity index (χ4v) is 5.60. The Balaban J connectivity index is 1.26. The van der Waals surface area contributed by atoms with Gasteiger partial charge in [-0.1, -0.05) is 55.5 Å². The van der Waals surface area contributed by atoms with Crippen molar-refractivity contribution in [2.45, 2.75) is 58.5 Å². The topological polar surface area (TPSA) is 126 Å². The molecule has 2 N–H and O–H groups in total. The average Bonchev–Trinajstić information content (AvgIpc) is 3.05. The maximum absolute atomic E-state index is 12.2. The van der Waals surface area contributed by atoms with E-state index < -0.39 is 18.4 Å². The Bertz CT molecular complexity index is 1370. The summed E-state index contributed by atoms with van der Waals surface area (Å²) < 4.78 is 18.2. The Morgan fingerprint density at radius 3 is 2.25 bits per heavy atom. The van der Waals surface area contributed by atoms with Gasteiger partial charge in [0, 0.05) is 70.1 Å². The number of hydrogen-bond acceptors (Lipinski definition) is 10. The summed E-state index contributed by atoms with van der Waals surface area (Å²) in [6.45, 7) is 9.49. The number of carbonyl (C=O) groups excluding carboxylic acids is 2. The van der Waals surface area contributed by atoms with Crippen LogP contribution in [0.15, 0.2) is 67.0 Å². The Hall–Kier alpha value is -3.90. The van der Waals surface area contributed by atoms with Crippen molar-refractivity contribution in [3.05, 3.63) is 89.2 Å². The van der Waals surface area contributed by atoms with E-state index in [1.165, 1.54) is 6.92 Å². The second kappa shape index (κ2) is 14.7. The third kappa shape index (κ3) is 7.97. The van der Waals surface area contributed by atoms with Crippen molar-refractivity contribution in [1.82, 2.24) is 20.2 Å². The molecule has 0 radical (unpaired) electrons. The number of nitrogens with zero attached hydrogens (tertiary/aromatic N) is 4. The smallest absolute Gasteiger partial charge is 0.303 e. The van der Waals surface area contributed by atoms with Gasteiger partial charge < -0.3 is 29.5 Å². The Labute approximate surface area is 258 Å². The maximum atomic E-state index is 12.2. The van der Waals surface area contributed by atoms with Crippen molar-refractivity contribution in [2.75, 3.05) is 37.6 Å². The van der Waals surface area contributed by atoms with Crippen LogP contribution in [-0.2, 0) is 37.0 Å². The number of benzene rings is 2. The molecule has 2 fully saturated rings. The number of amides is 1. The number of aromatic nitrogens is 2. The Kier molecular flexibility index (Phi) is 10.5. The van der Waals surface area contributed by atoms with Crippen molar-refractivity contribution < 1.29 is 28.9 Å². The summed E-state index contributed by atoms with van der Waals surface area (Å²) in [7, 11) is 0. The van der Waals surface area contributed by atoms with Gasteiger partial charge in [-0.25, -0.2) is 9.97 Å². The monoisotopic (exact) mass is 603 g/mol. The number of hydrogen-bond donors (Lipinski definition) is 2. The van der Waals surface area contributed by atoms with E-state index in [0.29, 0.717) is 6.54 Å². The molecule has 3 aromatic rings. The molecule has 2 saturated heterocycles. The van der Waals surface area contributed by atoms with Crippen LogP contribution in [0, 0.1) is 5.92 Å². The quantitative estimate of drug-likeness (QED) is 0.334. The number of rotatable bonds is 10. The molecule has 5 atom stereocenters. The first kappa shape index (κ1) is 31.5. The summed E-state index contributed by atoms with van der Waals surface area (Å²) in [5.74, 6) is -0.0114. The highest BCUT2D eigenvalue weighted by atomic mass is 16.7. The Morgan fingerprint density at radius 1 is 0.977 bits per heavy atom. The van der Waals surface area contributed by atoms with Crippen molar-refractivity contribution in [2.24, 2.45) is 5.92 Å². The fourth-order valence-electron chi connectivity index (χ4n) is 5.60. The fraction of sp³-hybridized carbons (Fsp3) is 0.455. The molecule has 5 rings (SSSR count). The van der Waals surface area contributed by atoms with E-state index >= 15 is 0 Å². The molecule has 44 heavy (non-hydrogen) atoms. The zero-order valence-electron chi connectivity index (χ0n) is 25.5. The van der Waals surface area contributed by atoms with Gasteiger partial charge in [0.15, 0.2) is 12.4 Å². The van der Waals surface area contributed by atoms with Crippen molar-refractivity contribution in [3.63, 3.8) is 0 Å². The molecule has 0 bridgehead atoms. The molecule has 0 aliphatic carbocycles. The number of piperazine rings is 1. The van der Waals surface area contributed by atoms with Gasteiger partial charge in [0.05, 0.1) is 18.8 Å². The van der Waals surface area contributed by atoms with E-state index in [2.05, 4.69) is 32.0 Å². The molecule has 1 amide bonds. The number of carbonyl (C=O) groups is 2. The summed E-state index contributed by atoms with van der Waals surface area (Å²) in [4.78, 5) is 36.8. The third-order valence-corrected chi connectivity index (χ3v) is 8.20. The summed E-state index contributed by atoms with van der Waals surface area (Å²) in [5.41, 5.74) is 3.68. The number of nitrogens with one attached hydrogen (secondary N) is 1. The lowest BCUT2D eigenvalue weighted by molar-refractivity contribution is -0.276. The molecule has 234 valence electrons. The predicted molar refractivity (Wildman–Crippen MR) is 163 cm³/mol. The van der Waals surface area contributed by atoms with Crippen molar-refractivity contribution in [3.8, 4) is 0 Å². The number of esters is 1. The van der Waals surface area contributed by atoms with Gasteiger partial charge in [0.1, 0.15) is 0 Å². The maximum Gasteiger partial charge on any atom is 0.303 e. The molecule has 3 heterocycles. The third-order valence-electron chi connectivity index (χ3n) is 8.20. The summed E-state index contributed by atoms with van der Waals surface area (Å²) in [6, 6.07) is 17.5. The highest BCUT2D eigenvalue weighted by molar-refractivity contribution is 5.82. The second-order valence-electron chi connectivity index (χ2n) is 11.4. The van der Waals surface area contributed by atoms with Crippen LogP contribution in [0.4, 0.5) is 5.95 Å². The normalized spacial score (nSPS) is 23.1. The van der Waals surface area contributed by atoms with Gasteiger partial charge in [0.2, 0.25) is 5.95 Å². The van der Waals surface area contributed by atoms with E-state index in [0.717, 1.165) is 60.9 Å². The van der Waals surface area contributed by atoms with E-state index in [-0.39, 0.29) is 30.6 Å². The number of aliphatic hydroxyl groups is 1. The second-order valence-corrected chi connectivity index (χ2v) is 11.4. The van der Waals surface area contributed by atoms with Gasteiger partial charge in [-0.05, 0) is 29.7 Å². The molecular formula is C33H41N5O6. The first-order valence-corrected chi connectivity index (χ1v) is 15.1. The molecule has 2 aliphatic rings. The number of ether oxygens (including phenoxy) is 3. The highest BCUT2D eigenvalue weighted by Crippen LogP contribution is 2.42. The Morgan fingerprint density at radius 2 is 1.61 bits per heavy atom. The van der Waals surface area contributed by atoms with E-state index in [1.54, 1.807) is 19.3 Å². The lowest BCUT2D eigenvalue weighted by atomic mass is 9.90. The van der Waals surface area contributed by atoms with Crippen LogP contribution < -0.4 is 10.2 Å². The van der Waals surface area contributed by atoms with E-state index in [1.807, 2.05) is 54.6 Å². The molecule has 2 aliphatic heterocycles. The predicted octanol–water partition coefficient (Wildman–Crippen LogP) is 3.15. The highest BCUT2D eigenvalue weighted by Gasteiger charge is 2.39. The van der Waals surface area contributed by atoms with Gasteiger partial charge >= 0.3 is 5.97 Å². The molecule has 0 saturated carbocycles. The number of aliphatic hydroxyl groups excluding tert-OH is 1. The minimum atomic E-state index is -0.854. The first-order chi connectivity index (χ1) is 21.3.